The summed E-state index contributed by atoms with van der Waals surface area (Å²) in [6.45, 7) is 0.533. The highest BCUT2D eigenvalue weighted by atomic mass is 19.3. The van der Waals surface area contributed by atoms with E-state index in [1.807, 2.05) is 6.92 Å². The first-order valence-electron chi connectivity index (χ1n) is 4.69. The van der Waals surface area contributed by atoms with Gasteiger partial charge in [-0.15, -0.1) is 0 Å². The van der Waals surface area contributed by atoms with Gasteiger partial charge in [-0.1, -0.05) is 13.0 Å². The van der Waals surface area contributed by atoms with E-state index in [1.165, 1.54) is 12.3 Å². The Morgan fingerprint density at radius 1 is 1.38 bits per heavy atom. The van der Waals surface area contributed by atoms with Crippen LogP contribution in [0.25, 0.3) is 0 Å². The van der Waals surface area contributed by atoms with Gasteiger partial charge in [0.15, 0.2) is 6.61 Å². The van der Waals surface area contributed by atoms with Crippen molar-refractivity contribution in [3.63, 3.8) is 0 Å². The highest BCUT2D eigenvalue weighted by molar-refractivity contribution is 5.17. The van der Waals surface area contributed by atoms with Gasteiger partial charge < -0.3 is 4.74 Å². The highest BCUT2D eigenvalue weighted by Crippen LogP contribution is 2.23. The molecule has 1 aromatic rings. The molecule has 0 spiro atoms. The van der Waals surface area contributed by atoms with E-state index in [0.29, 0.717) is 0 Å². The molecule has 16 heavy (non-hydrogen) atoms. The van der Waals surface area contributed by atoms with Gasteiger partial charge in [0.25, 0.3) is 0 Å². The van der Waals surface area contributed by atoms with E-state index >= 15 is 0 Å². The lowest BCUT2D eigenvalue weighted by atomic mass is 10.2. The maximum atomic E-state index is 12.5. The van der Waals surface area contributed by atoms with Gasteiger partial charge in [0.2, 0.25) is 5.88 Å². The molecule has 0 unspecified atom stereocenters. The molecular weight excluding hydrogens is 226 g/mol. The first-order chi connectivity index (χ1) is 7.45. The molecule has 90 valence electrons. The number of ether oxygens (including phenoxy) is 1. The zero-order valence-electron chi connectivity index (χ0n) is 8.59. The number of nitrogens with zero attached hydrogens (tertiary/aromatic N) is 1. The Kier molecular flexibility index (Phi) is 4.09. The van der Waals surface area contributed by atoms with E-state index in [4.69, 9.17) is 0 Å². The van der Waals surface area contributed by atoms with Crippen molar-refractivity contribution >= 4 is 0 Å². The number of rotatable bonds is 5. The SMILES string of the molecule is CCc1ccc(OCC(F)(F)C(F)F)nc1. The van der Waals surface area contributed by atoms with Crippen LogP contribution in [-0.2, 0) is 6.42 Å². The summed E-state index contributed by atoms with van der Waals surface area (Å²) in [5.41, 5.74) is 0.910. The minimum atomic E-state index is -4.15. The van der Waals surface area contributed by atoms with Crippen LogP contribution in [0.1, 0.15) is 12.5 Å². The molecule has 6 heteroatoms. The van der Waals surface area contributed by atoms with Crippen LogP contribution in [0.5, 0.6) is 5.88 Å². The molecule has 0 radical (unpaired) electrons. The van der Waals surface area contributed by atoms with Gasteiger partial charge in [-0.2, -0.15) is 8.78 Å². The zero-order chi connectivity index (χ0) is 12.2. The predicted octanol–water partition coefficient (Wildman–Crippen LogP) is 2.92. The second kappa shape index (κ2) is 5.14. The second-order valence-electron chi connectivity index (χ2n) is 3.21. The van der Waals surface area contributed by atoms with Gasteiger partial charge in [0.1, 0.15) is 0 Å². The molecule has 0 amide bonds. The van der Waals surface area contributed by atoms with E-state index in [-0.39, 0.29) is 5.88 Å². The van der Waals surface area contributed by atoms with Crippen LogP contribution in [0.3, 0.4) is 0 Å². The number of hydrogen-bond acceptors (Lipinski definition) is 2. The van der Waals surface area contributed by atoms with Gasteiger partial charge in [-0.05, 0) is 12.0 Å². The minimum Gasteiger partial charge on any atom is -0.471 e. The molecule has 1 heterocycles. The molecule has 0 saturated heterocycles. The van der Waals surface area contributed by atoms with Crippen molar-refractivity contribution < 1.29 is 22.3 Å². The van der Waals surface area contributed by atoms with Crippen LogP contribution in [0.4, 0.5) is 17.6 Å². The van der Waals surface area contributed by atoms with E-state index < -0.39 is 19.0 Å². The largest absolute Gasteiger partial charge is 0.471 e. The molecule has 0 N–H and O–H groups in total. The van der Waals surface area contributed by atoms with Crippen molar-refractivity contribution in [3.05, 3.63) is 23.9 Å². The Labute approximate surface area is 90.3 Å². The van der Waals surface area contributed by atoms with Crippen LogP contribution in [0.15, 0.2) is 18.3 Å². The number of aryl methyl sites for hydroxylation is 1. The molecular formula is C10H11F4NO. The molecule has 0 aliphatic rings. The van der Waals surface area contributed by atoms with E-state index in [2.05, 4.69) is 9.72 Å². The van der Waals surface area contributed by atoms with E-state index in [9.17, 15) is 17.6 Å². The van der Waals surface area contributed by atoms with E-state index in [0.717, 1.165) is 12.0 Å². The third-order valence-electron chi connectivity index (χ3n) is 1.94. The summed E-state index contributed by atoms with van der Waals surface area (Å²) < 4.78 is 53.0. The molecule has 0 aromatic carbocycles. The van der Waals surface area contributed by atoms with Crippen LogP contribution in [-0.4, -0.2) is 23.9 Å². The standard InChI is InChI=1S/C10H11F4NO/c1-2-7-3-4-8(15-5-7)16-6-10(13,14)9(11)12/h3-5,9H,2,6H2,1H3. The third-order valence-corrected chi connectivity index (χ3v) is 1.94. The molecule has 1 rings (SSSR count). The molecule has 0 atom stereocenters. The fourth-order valence-corrected chi connectivity index (χ4v) is 0.939. The third kappa shape index (κ3) is 3.36. The monoisotopic (exact) mass is 237 g/mol. The lowest BCUT2D eigenvalue weighted by molar-refractivity contribution is -0.148. The summed E-state index contributed by atoms with van der Waals surface area (Å²) in [5.74, 6) is -4.23. The first kappa shape index (κ1) is 12.7. The van der Waals surface area contributed by atoms with E-state index in [1.54, 1.807) is 6.07 Å². The molecule has 1 aromatic heterocycles. The number of pyridine rings is 1. The summed E-state index contributed by atoms with van der Waals surface area (Å²) in [5, 5.41) is 0. The van der Waals surface area contributed by atoms with Crippen molar-refractivity contribution in [3.8, 4) is 5.88 Å². The van der Waals surface area contributed by atoms with Gasteiger partial charge in [0.05, 0.1) is 0 Å². The molecule has 0 aliphatic carbocycles. The molecule has 0 bridgehead atoms. The highest BCUT2D eigenvalue weighted by Gasteiger charge is 2.41. The number of aromatic nitrogens is 1. The number of halogens is 4. The van der Waals surface area contributed by atoms with Crippen LogP contribution < -0.4 is 4.74 Å². The molecule has 0 fully saturated rings. The molecule has 0 aliphatic heterocycles. The summed E-state index contributed by atoms with van der Waals surface area (Å²) in [6.07, 6.45) is -1.53. The smallest absolute Gasteiger partial charge is 0.340 e. The molecule has 0 saturated carbocycles. The lowest BCUT2D eigenvalue weighted by Gasteiger charge is -2.15. The normalized spacial score (nSPS) is 11.9. The number of hydrogen-bond donors (Lipinski definition) is 0. The fraction of sp³-hybridized carbons (Fsp3) is 0.500. The summed E-state index contributed by atoms with van der Waals surface area (Å²) in [6, 6.07) is 3.02. The predicted molar refractivity (Wildman–Crippen MR) is 50.1 cm³/mol. The Hall–Kier alpha value is -1.33. The number of alkyl halides is 4. The maximum Gasteiger partial charge on any atom is 0.340 e. The first-order valence-corrected chi connectivity index (χ1v) is 4.69. The van der Waals surface area contributed by atoms with Crippen molar-refractivity contribution in [1.82, 2.24) is 4.98 Å². The quantitative estimate of drug-likeness (QED) is 0.734. The Bertz CT molecular complexity index is 326. The Morgan fingerprint density at radius 3 is 2.50 bits per heavy atom. The minimum absolute atomic E-state index is 0.0856. The van der Waals surface area contributed by atoms with Crippen molar-refractivity contribution in [2.75, 3.05) is 6.61 Å². The van der Waals surface area contributed by atoms with Crippen molar-refractivity contribution in [2.24, 2.45) is 0 Å². The van der Waals surface area contributed by atoms with Gasteiger partial charge in [-0.3, -0.25) is 0 Å². The summed E-state index contributed by atoms with van der Waals surface area (Å²) >= 11 is 0. The van der Waals surface area contributed by atoms with Crippen LogP contribution in [0.2, 0.25) is 0 Å². The van der Waals surface area contributed by atoms with Crippen LogP contribution >= 0.6 is 0 Å². The Balaban J connectivity index is 2.54. The Morgan fingerprint density at radius 2 is 2.06 bits per heavy atom. The maximum absolute atomic E-state index is 12.5. The topological polar surface area (TPSA) is 22.1 Å². The average Bonchev–Trinajstić information content (AvgIpc) is 2.27. The van der Waals surface area contributed by atoms with Crippen LogP contribution in [0, 0.1) is 0 Å². The lowest BCUT2D eigenvalue weighted by Crippen LogP contribution is -2.33. The summed E-state index contributed by atoms with van der Waals surface area (Å²) in [4.78, 5) is 3.71. The van der Waals surface area contributed by atoms with Crippen molar-refractivity contribution in [2.45, 2.75) is 25.7 Å². The van der Waals surface area contributed by atoms with Gasteiger partial charge >= 0.3 is 12.3 Å². The van der Waals surface area contributed by atoms with Crippen molar-refractivity contribution in [1.29, 1.82) is 0 Å². The van der Waals surface area contributed by atoms with Gasteiger partial charge in [-0.25, -0.2) is 13.8 Å². The van der Waals surface area contributed by atoms with Gasteiger partial charge in [0, 0.05) is 12.3 Å². The zero-order valence-corrected chi connectivity index (χ0v) is 8.59. The fourth-order valence-electron chi connectivity index (χ4n) is 0.939. The molecule has 2 nitrogen and oxygen atoms in total. The second-order valence-corrected chi connectivity index (χ2v) is 3.21. The average molecular weight is 237 g/mol. The summed E-state index contributed by atoms with van der Waals surface area (Å²) in [7, 11) is 0.